The summed E-state index contributed by atoms with van der Waals surface area (Å²) in [6.45, 7) is 4.04. The number of anilines is 2. The van der Waals surface area contributed by atoms with Crippen LogP contribution in [0.15, 0.2) is 30.3 Å². The summed E-state index contributed by atoms with van der Waals surface area (Å²) in [6, 6.07) is 9.22. The summed E-state index contributed by atoms with van der Waals surface area (Å²) >= 11 is 5.93. The maximum absolute atomic E-state index is 12.4. The number of amides is 1. The van der Waals surface area contributed by atoms with Gasteiger partial charge >= 0.3 is 0 Å². The fourth-order valence-corrected chi connectivity index (χ4v) is 2.35. The van der Waals surface area contributed by atoms with Crippen molar-refractivity contribution in [3.05, 3.63) is 52.2 Å². The summed E-state index contributed by atoms with van der Waals surface area (Å²) in [4.78, 5) is 16.5. The molecule has 4 nitrogen and oxygen atoms in total. The summed E-state index contributed by atoms with van der Waals surface area (Å²) in [6.07, 6.45) is 0.857. The van der Waals surface area contributed by atoms with Crippen LogP contribution in [0.2, 0.25) is 5.15 Å². The number of nitrogens with zero attached hydrogens (tertiary/aromatic N) is 1. The predicted octanol–water partition coefficient (Wildman–Crippen LogP) is 3.90. The molecule has 2 rings (SSSR count). The first-order valence-electron chi connectivity index (χ1n) is 6.80. The number of halogens is 1. The molecule has 5 heteroatoms. The number of nitrogens with one attached hydrogen (secondary N) is 2. The monoisotopic (exact) mass is 303 g/mol. The lowest BCUT2D eigenvalue weighted by atomic mass is 10.1. The largest absolute Gasteiger partial charge is 0.373 e. The number of para-hydroxylation sites is 1. The Morgan fingerprint density at radius 2 is 2.10 bits per heavy atom. The van der Waals surface area contributed by atoms with Crippen molar-refractivity contribution in [1.82, 2.24) is 4.98 Å². The van der Waals surface area contributed by atoms with Gasteiger partial charge in [-0.1, -0.05) is 36.7 Å². The summed E-state index contributed by atoms with van der Waals surface area (Å²) in [5.74, 6) is 0.368. The third-order valence-corrected chi connectivity index (χ3v) is 3.48. The van der Waals surface area contributed by atoms with E-state index in [1.165, 1.54) is 0 Å². The fourth-order valence-electron chi connectivity index (χ4n) is 2.14. The number of benzene rings is 1. The third kappa shape index (κ3) is 3.52. The Balaban J connectivity index is 2.32. The van der Waals surface area contributed by atoms with Crippen molar-refractivity contribution >= 4 is 29.0 Å². The zero-order valence-electron chi connectivity index (χ0n) is 12.3. The van der Waals surface area contributed by atoms with Crippen molar-refractivity contribution in [2.24, 2.45) is 0 Å². The number of hydrogen-bond acceptors (Lipinski definition) is 3. The summed E-state index contributed by atoms with van der Waals surface area (Å²) in [5.41, 5.74) is 3.49. The molecular weight excluding hydrogens is 286 g/mol. The molecule has 2 aromatic rings. The van der Waals surface area contributed by atoms with E-state index in [1.54, 1.807) is 19.2 Å². The Labute approximate surface area is 129 Å². The number of hydrogen-bond donors (Lipinski definition) is 2. The molecule has 0 saturated heterocycles. The zero-order valence-corrected chi connectivity index (χ0v) is 13.1. The molecule has 1 heterocycles. The highest BCUT2D eigenvalue weighted by atomic mass is 35.5. The Morgan fingerprint density at radius 3 is 2.76 bits per heavy atom. The number of pyridine rings is 1. The minimum absolute atomic E-state index is 0.195. The van der Waals surface area contributed by atoms with Crippen molar-refractivity contribution in [2.75, 3.05) is 17.7 Å². The second kappa shape index (κ2) is 6.59. The number of carbonyl (C=O) groups excluding carboxylic acids is 1. The maximum Gasteiger partial charge on any atom is 0.255 e. The number of aromatic nitrogens is 1. The number of rotatable bonds is 4. The van der Waals surface area contributed by atoms with Crippen LogP contribution in [0.4, 0.5) is 11.5 Å². The fraction of sp³-hybridized carbons (Fsp3) is 0.250. The molecular formula is C16H18ClN3O. The first-order chi connectivity index (χ1) is 10.0. The van der Waals surface area contributed by atoms with Gasteiger partial charge in [0.15, 0.2) is 0 Å². The molecule has 1 aromatic heterocycles. The van der Waals surface area contributed by atoms with Gasteiger partial charge in [-0.3, -0.25) is 4.79 Å². The topological polar surface area (TPSA) is 54.0 Å². The molecule has 0 aliphatic heterocycles. The van der Waals surface area contributed by atoms with Crippen LogP contribution in [0, 0.1) is 6.92 Å². The van der Waals surface area contributed by atoms with E-state index in [-0.39, 0.29) is 11.1 Å². The van der Waals surface area contributed by atoms with Crippen molar-refractivity contribution in [3.63, 3.8) is 0 Å². The average molecular weight is 304 g/mol. The van der Waals surface area contributed by atoms with E-state index in [1.807, 2.05) is 25.1 Å². The van der Waals surface area contributed by atoms with E-state index >= 15 is 0 Å². The minimum Gasteiger partial charge on any atom is -0.373 e. The molecule has 0 bridgehead atoms. The van der Waals surface area contributed by atoms with E-state index < -0.39 is 0 Å². The SMILES string of the molecule is CCc1cccc(C)c1NC(=O)c1cc(Cl)nc(NC)c1. The molecule has 0 aliphatic rings. The Kier molecular flexibility index (Phi) is 4.81. The lowest BCUT2D eigenvalue weighted by molar-refractivity contribution is 0.102. The summed E-state index contributed by atoms with van der Waals surface area (Å²) < 4.78 is 0. The predicted molar refractivity (Wildman–Crippen MR) is 87.3 cm³/mol. The van der Waals surface area contributed by atoms with Gasteiger partial charge in [-0.05, 0) is 36.6 Å². The lowest BCUT2D eigenvalue weighted by Gasteiger charge is -2.13. The van der Waals surface area contributed by atoms with Crippen LogP contribution in [-0.2, 0) is 6.42 Å². The molecule has 2 N–H and O–H groups in total. The van der Waals surface area contributed by atoms with Crippen molar-refractivity contribution < 1.29 is 4.79 Å². The molecule has 0 radical (unpaired) electrons. The molecule has 110 valence electrons. The normalized spacial score (nSPS) is 10.3. The Hall–Kier alpha value is -2.07. The smallest absolute Gasteiger partial charge is 0.255 e. The van der Waals surface area contributed by atoms with Crippen LogP contribution in [0.3, 0.4) is 0 Å². The second-order valence-electron chi connectivity index (χ2n) is 4.73. The van der Waals surface area contributed by atoms with Crippen molar-refractivity contribution in [2.45, 2.75) is 20.3 Å². The van der Waals surface area contributed by atoms with Crippen LogP contribution in [0.1, 0.15) is 28.4 Å². The standard InChI is InChI=1S/C16H18ClN3O/c1-4-11-7-5-6-10(2)15(11)20-16(21)12-8-13(17)19-14(9-12)18-3/h5-9H,4H2,1-3H3,(H,18,19)(H,20,21). The molecule has 21 heavy (non-hydrogen) atoms. The third-order valence-electron chi connectivity index (χ3n) is 3.29. The molecule has 1 amide bonds. The zero-order chi connectivity index (χ0) is 15.4. The van der Waals surface area contributed by atoms with Gasteiger partial charge < -0.3 is 10.6 Å². The minimum atomic E-state index is -0.195. The lowest BCUT2D eigenvalue weighted by Crippen LogP contribution is -2.15. The van der Waals surface area contributed by atoms with Crippen LogP contribution < -0.4 is 10.6 Å². The Morgan fingerprint density at radius 1 is 1.33 bits per heavy atom. The highest BCUT2D eigenvalue weighted by molar-refractivity contribution is 6.30. The first-order valence-corrected chi connectivity index (χ1v) is 7.18. The molecule has 0 atom stereocenters. The maximum atomic E-state index is 12.4. The van der Waals surface area contributed by atoms with E-state index in [4.69, 9.17) is 11.6 Å². The quantitative estimate of drug-likeness (QED) is 0.842. The van der Waals surface area contributed by atoms with Gasteiger partial charge in [-0.2, -0.15) is 0 Å². The number of carbonyl (C=O) groups is 1. The second-order valence-corrected chi connectivity index (χ2v) is 5.12. The van der Waals surface area contributed by atoms with Crippen molar-refractivity contribution in [1.29, 1.82) is 0 Å². The summed E-state index contributed by atoms with van der Waals surface area (Å²) in [5, 5.41) is 6.14. The van der Waals surface area contributed by atoms with Crippen molar-refractivity contribution in [3.8, 4) is 0 Å². The molecule has 0 fully saturated rings. The van der Waals surface area contributed by atoms with Gasteiger partial charge in [0, 0.05) is 18.3 Å². The van der Waals surface area contributed by atoms with E-state index in [0.29, 0.717) is 11.4 Å². The van der Waals surface area contributed by atoms with Crippen LogP contribution >= 0.6 is 11.6 Å². The first kappa shape index (κ1) is 15.3. The molecule has 0 saturated carbocycles. The average Bonchev–Trinajstić information content (AvgIpc) is 2.48. The summed E-state index contributed by atoms with van der Waals surface area (Å²) in [7, 11) is 1.73. The van der Waals surface area contributed by atoms with Gasteiger partial charge in [0.2, 0.25) is 0 Å². The van der Waals surface area contributed by atoms with Gasteiger partial charge in [0.25, 0.3) is 5.91 Å². The Bertz CT molecular complexity index is 671. The van der Waals surface area contributed by atoms with Crippen LogP contribution in [-0.4, -0.2) is 17.9 Å². The van der Waals surface area contributed by atoms with E-state index in [9.17, 15) is 4.79 Å². The van der Waals surface area contributed by atoms with Gasteiger partial charge in [0.05, 0.1) is 0 Å². The van der Waals surface area contributed by atoms with Crippen LogP contribution in [0.25, 0.3) is 0 Å². The van der Waals surface area contributed by atoms with Crippen LogP contribution in [0.5, 0.6) is 0 Å². The van der Waals surface area contributed by atoms with Gasteiger partial charge in [-0.25, -0.2) is 4.98 Å². The van der Waals surface area contributed by atoms with Gasteiger partial charge in [0.1, 0.15) is 11.0 Å². The molecule has 0 aliphatic carbocycles. The highest BCUT2D eigenvalue weighted by Crippen LogP contribution is 2.23. The van der Waals surface area contributed by atoms with E-state index in [0.717, 1.165) is 23.2 Å². The number of aryl methyl sites for hydroxylation is 2. The molecule has 0 unspecified atom stereocenters. The molecule has 1 aromatic carbocycles. The van der Waals surface area contributed by atoms with E-state index in [2.05, 4.69) is 22.5 Å². The highest BCUT2D eigenvalue weighted by Gasteiger charge is 2.12. The van der Waals surface area contributed by atoms with Gasteiger partial charge in [-0.15, -0.1) is 0 Å². The molecule has 0 spiro atoms.